The Bertz CT molecular complexity index is 668. The molecular formula is C14H16ClF3N4O. The van der Waals surface area contributed by atoms with Crippen LogP contribution in [0.25, 0.3) is 0 Å². The lowest BCUT2D eigenvalue weighted by molar-refractivity contribution is -0.142. The molecule has 0 atom stereocenters. The summed E-state index contributed by atoms with van der Waals surface area (Å²) >= 11 is 0. The zero-order chi connectivity index (χ0) is 16.3. The molecule has 0 radical (unpaired) electrons. The third-order valence-electron chi connectivity index (χ3n) is 3.06. The number of alkyl halides is 3. The Labute approximate surface area is 137 Å². The van der Waals surface area contributed by atoms with Crippen molar-refractivity contribution in [2.24, 2.45) is 12.8 Å². The van der Waals surface area contributed by atoms with E-state index in [1.54, 1.807) is 24.3 Å². The molecule has 0 aliphatic heterocycles. The lowest BCUT2D eigenvalue weighted by Gasteiger charge is -2.08. The maximum atomic E-state index is 12.8. The van der Waals surface area contributed by atoms with Crippen LogP contribution in [0.2, 0.25) is 0 Å². The van der Waals surface area contributed by atoms with E-state index in [-0.39, 0.29) is 24.5 Å². The first-order valence-corrected chi connectivity index (χ1v) is 6.48. The minimum absolute atomic E-state index is 0. The fourth-order valence-corrected chi connectivity index (χ4v) is 1.98. The highest BCUT2D eigenvalue weighted by molar-refractivity contribution is 5.94. The first kappa shape index (κ1) is 19.0. The fourth-order valence-electron chi connectivity index (χ4n) is 1.98. The van der Waals surface area contributed by atoms with Gasteiger partial charge in [-0.2, -0.15) is 18.3 Å². The third-order valence-corrected chi connectivity index (χ3v) is 3.06. The first-order chi connectivity index (χ1) is 10.3. The summed E-state index contributed by atoms with van der Waals surface area (Å²) in [5.74, 6) is -0.458. The average molecular weight is 349 g/mol. The molecule has 2 rings (SSSR count). The number of rotatable bonds is 4. The van der Waals surface area contributed by atoms with Crippen molar-refractivity contribution < 1.29 is 18.0 Å². The summed E-state index contributed by atoms with van der Waals surface area (Å²) in [4.78, 5) is 11.9. The van der Waals surface area contributed by atoms with Gasteiger partial charge in [0.15, 0.2) is 5.69 Å². The molecule has 1 aromatic heterocycles. The van der Waals surface area contributed by atoms with E-state index < -0.39 is 17.8 Å². The van der Waals surface area contributed by atoms with Crippen LogP contribution in [0.1, 0.15) is 27.2 Å². The van der Waals surface area contributed by atoms with Crippen molar-refractivity contribution >= 4 is 18.3 Å². The minimum Gasteiger partial charge on any atom is -0.348 e. The number of carbonyl (C=O) groups excluding carboxylic acids is 1. The zero-order valence-corrected chi connectivity index (χ0v) is 13.0. The molecule has 0 aliphatic rings. The van der Waals surface area contributed by atoms with Gasteiger partial charge in [-0.05, 0) is 17.7 Å². The van der Waals surface area contributed by atoms with E-state index in [4.69, 9.17) is 5.73 Å². The number of nitrogens with zero attached hydrogens (tertiary/aromatic N) is 2. The summed E-state index contributed by atoms with van der Waals surface area (Å²) in [6.45, 7) is 0.104. The quantitative estimate of drug-likeness (QED) is 0.890. The van der Waals surface area contributed by atoms with Gasteiger partial charge in [-0.3, -0.25) is 9.48 Å². The molecule has 0 bridgehead atoms. The molecule has 2 aromatic rings. The Morgan fingerprint density at radius 1 is 1.30 bits per heavy atom. The number of nitrogens with two attached hydrogens (primary N) is 1. The van der Waals surface area contributed by atoms with E-state index in [0.717, 1.165) is 10.2 Å². The Morgan fingerprint density at radius 2 is 1.91 bits per heavy atom. The molecule has 0 fully saturated rings. The molecule has 0 spiro atoms. The van der Waals surface area contributed by atoms with Crippen LogP contribution >= 0.6 is 12.4 Å². The van der Waals surface area contributed by atoms with Gasteiger partial charge in [-0.15, -0.1) is 12.4 Å². The maximum absolute atomic E-state index is 12.8. The second-order valence-electron chi connectivity index (χ2n) is 4.76. The van der Waals surface area contributed by atoms with E-state index in [2.05, 4.69) is 10.4 Å². The van der Waals surface area contributed by atoms with Gasteiger partial charge in [0.1, 0.15) is 0 Å². The van der Waals surface area contributed by atoms with Gasteiger partial charge in [0.2, 0.25) is 0 Å². The smallest absolute Gasteiger partial charge is 0.348 e. The van der Waals surface area contributed by atoms with Crippen LogP contribution in [-0.4, -0.2) is 15.7 Å². The van der Waals surface area contributed by atoms with Crippen molar-refractivity contribution in [3.8, 4) is 0 Å². The standard InChI is InChI=1S/C14H15F3N4O.ClH/c1-21-8-11(12(20-21)14(15,16)17)7-19-13(22)10-4-2-9(6-18)3-5-10;/h2-5,8H,6-7,18H2,1H3,(H,19,22);1H. The molecule has 5 nitrogen and oxygen atoms in total. The molecule has 23 heavy (non-hydrogen) atoms. The number of nitrogens with one attached hydrogen (secondary N) is 1. The Morgan fingerprint density at radius 3 is 2.43 bits per heavy atom. The largest absolute Gasteiger partial charge is 0.435 e. The number of aromatic nitrogens is 2. The monoisotopic (exact) mass is 348 g/mol. The summed E-state index contributed by atoms with van der Waals surface area (Å²) in [6.07, 6.45) is -3.31. The number of benzene rings is 1. The maximum Gasteiger partial charge on any atom is 0.435 e. The number of hydrogen-bond acceptors (Lipinski definition) is 3. The van der Waals surface area contributed by atoms with Crippen molar-refractivity contribution in [3.05, 3.63) is 52.8 Å². The second-order valence-corrected chi connectivity index (χ2v) is 4.76. The summed E-state index contributed by atoms with van der Waals surface area (Å²) < 4.78 is 39.4. The van der Waals surface area contributed by atoms with E-state index in [9.17, 15) is 18.0 Å². The van der Waals surface area contributed by atoms with Crippen LogP contribution in [0.4, 0.5) is 13.2 Å². The van der Waals surface area contributed by atoms with Crippen LogP contribution in [0, 0.1) is 0 Å². The Kier molecular flexibility index (Phi) is 6.17. The Balaban J connectivity index is 0.00000264. The lowest BCUT2D eigenvalue weighted by Crippen LogP contribution is -2.24. The van der Waals surface area contributed by atoms with Gasteiger partial charge < -0.3 is 11.1 Å². The van der Waals surface area contributed by atoms with Gasteiger partial charge in [-0.25, -0.2) is 0 Å². The third kappa shape index (κ3) is 4.70. The van der Waals surface area contributed by atoms with Gasteiger partial charge in [-0.1, -0.05) is 12.1 Å². The van der Waals surface area contributed by atoms with Crippen LogP contribution in [0.3, 0.4) is 0 Å². The fraction of sp³-hybridized carbons (Fsp3) is 0.286. The number of amides is 1. The van der Waals surface area contributed by atoms with Crippen molar-refractivity contribution in [1.82, 2.24) is 15.1 Å². The molecule has 0 saturated carbocycles. The van der Waals surface area contributed by atoms with E-state index in [1.807, 2.05) is 0 Å². The Hall–Kier alpha value is -2.06. The highest BCUT2D eigenvalue weighted by atomic mass is 35.5. The predicted octanol–water partition coefficient (Wildman–Crippen LogP) is 2.25. The van der Waals surface area contributed by atoms with E-state index in [1.165, 1.54) is 13.2 Å². The molecule has 1 heterocycles. The molecular weight excluding hydrogens is 333 g/mol. The summed E-state index contributed by atoms with van der Waals surface area (Å²) in [7, 11) is 1.39. The van der Waals surface area contributed by atoms with Gasteiger partial charge >= 0.3 is 6.18 Å². The number of hydrogen-bond donors (Lipinski definition) is 2. The van der Waals surface area contributed by atoms with Gasteiger partial charge in [0.25, 0.3) is 5.91 Å². The summed E-state index contributed by atoms with van der Waals surface area (Å²) in [5, 5.41) is 5.84. The van der Waals surface area contributed by atoms with Gasteiger partial charge in [0, 0.05) is 37.5 Å². The van der Waals surface area contributed by atoms with Crippen LogP contribution in [-0.2, 0) is 26.3 Å². The van der Waals surface area contributed by atoms with Crippen LogP contribution in [0.15, 0.2) is 30.5 Å². The van der Waals surface area contributed by atoms with Crippen molar-refractivity contribution in [1.29, 1.82) is 0 Å². The van der Waals surface area contributed by atoms with E-state index >= 15 is 0 Å². The summed E-state index contributed by atoms with van der Waals surface area (Å²) in [6, 6.07) is 6.54. The van der Waals surface area contributed by atoms with Crippen LogP contribution < -0.4 is 11.1 Å². The normalized spacial score (nSPS) is 11.0. The number of carbonyl (C=O) groups is 1. The minimum atomic E-state index is -4.55. The molecule has 3 N–H and O–H groups in total. The van der Waals surface area contributed by atoms with Crippen molar-refractivity contribution in [3.63, 3.8) is 0 Å². The first-order valence-electron chi connectivity index (χ1n) is 6.48. The summed E-state index contributed by atoms with van der Waals surface area (Å²) in [5.41, 5.74) is 5.60. The predicted molar refractivity (Wildman–Crippen MR) is 81.0 cm³/mol. The second kappa shape index (κ2) is 7.47. The number of aryl methyl sites for hydroxylation is 1. The highest BCUT2D eigenvalue weighted by Crippen LogP contribution is 2.30. The number of halogens is 4. The highest BCUT2D eigenvalue weighted by Gasteiger charge is 2.36. The van der Waals surface area contributed by atoms with Gasteiger partial charge in [0.05, 0.1) is 0 Å². The topological polar surface area (TPSA) is 72.9 Å². The SMILES string of the molecule is Cl.Cn1cc(CNC(=O)c2ccc(CN)cc2)c(C(F)(F)F)n1. The lowest BCUT2D eigenvalue weighted by atomic mass is 10.1. The molecule has 126 valence electrons. The van der Waals surface area contributed by atoms with Crippen molar-refractivity contribution in [2.45, 2.75) is 19.3 Å². The molecule has 0 saturated heterocycles. The zero-order valence-electron chi connectivity index (χ0n) is 12.2. The molecule has 1 aromatic carbocycles. The molecule has 0 unspecified atom stereocenters. The molecule has 1 amide bonds. The van der Waals surface area contributed by atoms with Crippen LogP contribution in [0.5, 0.6) is 0 Å². The molecule has 9 heteroatoms. The van der Waals surface area contributed by atoms with Crippen molar-refractivity contribution in [2.75, 3.05) is 0 Å². The van der Waals surface area contributed by atoms with E-state index in [0.29, 0.717) is 12.1 Å². The average Bonchev–Trinajstić information content (AvgIpc) is 2.86. The molecule has 0 aliphatic carbocycles.